The molecule has 3 rings (SSSR count). The van der Waals surface area contributed by atoms with Crippen molar-refractivity contribution in [3.05, 3.63) is 11.6 Å². The molecule has 0 bridgehead atoms. The molecule has 1 aromatic rings. The number of hydrazine groups is 1. The van der Waals surface area contributed by atoms with Gasteiger partial charge < -0.3 is 10.0 Å². The van der Waals surface area contributed by atoms with Crippen LogP contribution in [0.3, 0.4) is 0 Å². The Balaban J connectivity index is 1.71. The third-order valence-corrected chi connectivity index (χ3v) is 5.96. The molecule has 2 aliphatic rings. The number of hydrogen-bond donors (Lipinski definition) is 4. The van der Waals surface area contributed by atoms with Crippen LogP contribution < -0.4 is 15.8 Å². The number of hydrogen-bond acceptors (Lipinski definition) is 8. The van der Waals surface area contributed by atoms with Crippen molar-refractivity contribution >= 4 is 24.0 Å². The summed E-state index contributed by atoms with van der Waals surface area (Å²) in [6.07, 6.45) is 5.48. The SMILES string of the molecule is CCc1nc(NNC(=O)C(CC2CCCC2)CN(O)C=O)c(F)c(N2CCC(O)C2)n1. The van der Waals surface area contributed by atoms with Crippen LogP contribution in [0.2, 0.25) is 0 Å². The first-order valence-electron chi connectivity index (χ1n) is 10.9. The summed E-state index contributed by atoms with van der Waals surface area (Å²) in [5.74, 6) is -1.13. The number of aromatic nitrogens is 2. The van der Waals surface area contributed by atoms with E-state index in [9.17, 15) is 19.9 Å². The second kappa shape index (κ2) is 10.7. The van der Waals surface area contributed by atoms with E-state index >= 15 is 4.39 Å². The minimum atomic E-state index is -0.712. The molecule has 1 aliphatic heterocycles. The van der Waals surface area contributed by atoms with Gasteiger partial charge in [-0.1, -0.05) is 32.6 Å². The molecule has 1 saturated carbocycles. The van der Waals surface area contributed by atoms with Gasteiger partial charge in [0.1, 0.15) is 5.82 Å². The molecule has 1 saturated heterocycles. The van der Waals surface area contributed by atoms with Crippen LogP contribution in [-0.4, -0.2) is 63.4 Å². The van der Waals surface area contributed by atoms with Crippen LogP contribution in [0.25, 0.3) is 0 Å². The van der Waals surface area contributed by atoms with Crippen LogP contribution >= 0.6 is 0 Å². The van der Waals surface area contributed by atoms with Gasteiger partial charge in [-0.2, -0.15) is 4.39 Å². The minimum absolute atomic E-state index is 0.0881. The second-order valence-electron chi connectivity index (χ2n) is 8.29. The van der Waals surface area contributed by atoms with Crippen molar-refractivity contribution in [3.63, 3.8) is 0 Å². The van der Waals surface area contributed by atoms with Gasteiger partial charge in [0.25, 0.3) is 0 Å². The number of aryl methyl sites for hydroxylation is 1. The number of carbonyl (C=O) groups excluding carboxylic acids is 2. The quantitative estimate of drug-likeness (QED) is 0.244. The van der Waals surface area contributed by atoms with E-state index < -0.39 is 23.7 Å². The molecule has 0 spiro atoms. The predicted molar refractivity (Wildman–Crippen MR) is 111 cm³/mol. The number of rotatable bonds is 10. The highest BCUT2D eigenvalue weighted by Gasteiger charge is 2.29. The first kappa shape index (κ1) is 23.1. The van der Waals surface area contributed by atoms with Gasteiger partial charge in [0.15, 0.2) is 11.6 Å². The van der Waals surface area contributed by atoms with Crippen LogP contribution in [0.15, 0.2) is 0 Å². The Hall–Kier alpha value is -2.53. The first-order valence-corrected chi connectivity index (χ1v) is 10.9. The molecule has 172 valence electrons. The number of halogens is 1. The Morgan fingerprint density at radius 1 is 1.35 bits per heavy atom. The lowest BCUT2D eigenvalue weighted by Gasteiger charge is -2.23. The molecule has 2 fully saturated rings. The molecule has 10 nitrogen and oxygen atoms in total. The van der Waals surface area contributed by atoms with E-state index in [2.05, 4.69) is 20.8 Å². The summed E-state index contributed by atoms with van der Waals surface area (Å²) in [4.78, 5) is 33.6. The third-order valence-electron chi connectivity index (χ3n) is 5.96. The number of aliphatic hydroxyl groups excluding tert-OH is 1. The number of anilines is 2. The Kier molecular flexibility index (Phi) is 7.97. The lowest BCUT2D eigenvalue weighted by molar-refractivity contribution is -0.154. The molecule has 0 radical (unpaired) electrons. The van der Waals surface area contributed by atoms with E-state index in [1.54, 1.807) is 4.90 Å². The summed E-state index contributed by atoms with van der Waals surface area (Å²) in [7, 11) is 0. The standard InChI is InChI=1S/C20H31FN6O4/c1-2-16-22-18(17(21)19(23-16)26-8-7-15(29)11-26)24-25-20(30)14(10-27(31)12-28)9-13-5-3-4-6-13/h12-15,29,31H,2-11H2,1H3,(H,25,30)(H,22,23,24). The number of carbonyl (C=O) groups is 2. The van der Waals surface area contributed by atoms with Gasteiger partial charge >= 0.3 is 0 Å². The molecule has 4 N–H and O–H groups in total. The molecule has 31 heavy (non-hydrogen) atoms. The maximum absolute atomic E-state index is 15.1. The molecule has 2 heterocycles. The van der Waals surface area contributed by atoms with E-state index in [0.29, 0.717) is 42.6 Å². The first-order chi connectivity index (χ1) is 14.9. The fraction of sp³-hybridized carbons (Fsp3) is 0.700. The van der Waals surface area contributed by atoms with E-state index in [1.165, 1.54) is 0 Å². The van der Waals surface area contributed by atoms with Crippen LogP contribution in [0.5, 0.6) is 0 Å². The Morgan fingerprint density at radius 2 is 2.10 bits per heavy atom. The molecule has 2 atom stereocenters. The van der Waals surface area contributed by atoms with Crippen LogP contribution in [0.4, 0.5) is 16.0 Å². The Morgan fingerprint density at radius 3 is 2.71 bits per heavy atom. The maximum atomic E-state index is 15.1. The van der Waals surface area contributed by atoms with Gasteiger partial charge in [0, 0.05) is 19.5 Å². The molecular weight excluding hydrogens is 407 g/mol. The van der Waals surface area contributed by atoms with Gasteiger partial charge in [0.05, 0.1) is 18.6 Å². The van der Waals surface area contributed by atoms with E-state index in [1.807, 2.05) is 6.92 Å². The average molecular weight is 439 g/mol. The fourth-order valence-corrected chi connectivity index (χ4v) is 4.27. The van der Waals surface area contributed by atoms with Crippen molar-refractivity contribution in [1.82, 2.24) is 20.5 Å². The zero-order valence-corrected chi connectivity index (χ0v) is 17.8. The maximum Gasteiger partial charge on any atom is 0.243 e. The van der Waals surface area contributed by atoms with Crippen molar-refractivity contribution in [1.29, 1.82) is 0 Å². The van der Waals surface area contributed by atoms with Crippen LogP contribution in [0.1, 0.15) is 51.3 Å². The van der Waals surface area contributed by atoms with E-state index in [-0.39, 0.29) is 31.1 Å². The molecule has 2 unspecified atom stereocenters. The predicted octanol–water partition coefficient (Wildman–Crippen LogP) is 1.24. The van der Waals surface area contributed by atoms with Crippen LogP contribution in [0, 0.1) is 17.7 Å². The zero-order chi connectivity index (χ0) is 22.4. The Bertz CT molecular complexity index is 776. The van der Waals surface area contributed by atoms with Crippen LogP contribution in [-0.2, 0) is 16.0 Å². The topological polar surface area (TPSA) is 131 Å². The van der Waals surface area contributed by atoms with Gasteiger partial charge in [-0.15, -0.1) is 0 Å². The second-order valence-corrected chi connectivity index (χ2v) is 8.29. The molecular formula is C20H31FN6O4. The zero-order valence-electron chi connectivity index (χ0n) is 17.8. The van der Waals surface area contributed by atoms with Crippen molar-refractivity contribution in [3.8, 4) is 0 Å². The number of β-amino-alcohol motifs (C(OH)–C–C–N with tert-alkyl or cyclic N) is 1. The third kappa shape index (κ3) is 6.01. The summed E-state index contributed by atoms with van der Waals surface area (Å²) in [6, 6.07) is 0. The van der Waals surface area contributed by atoms with E-state index in [0.717, 1.165) is 25.7 Å². The molecule has 0 aromatic carbocycles. The molecule has 1 aromatic heterocycles. The number of nitrogens with one attached hydrogen (secondary N) is 2. The fourth-order valence-electron chi connectivity index (χ4n) is 4.27. The monoisotopic (exact) mass is 438 g/mol. The minimum Gasteiger partial charge on any atom is -0.391 e. The van der Waals surface area contributed by atoms with E-state index in [4.69, 9.17) is 0 Å². The smallest absolute Gasteiger partial charge is 0.243 e. The van der Waals surface area contributed by atoms with Gasteiger partial charge in [-0.3, -0.25) is 25.6 Å². The van der Waals surface area contributed by atoms with Crippen molar-refractivity contribution in [2.75, 3.05) is 30.0 Å². The Labute approximate surface area is 180 Å². The highest BCUT2D eigenvalue weighted by Crippen LogP contribution is 2.31. The number of hydroxylamine groups is 2. The number of aliphatic hydroxyl groups is 1. The highest BCUT2D eigenvalue weighted by atomic mass is 19.1. The summed E-state index contributed by atoms with van der Waals surface area (Å²) >= 11 is 0. The molecule has 2 amide bonds. The van der Waals surface area contributed by atoms with Gasteiger partial charge in [0.2, 0.25) is 18.1 Å². The normalized spacial score (nSPS) is 20.0. The van der Waals surface area contributed by atoms with Crippen molar-refractivity contribution in [2.24, 2.45) is 11.8 Å². The largest absolute Gasteiger partial charge is 0.391 e. The van der Waals surface area contributed by atoms with Gasteiger partial charge in [-0.25, -0.2) is 15.0 Å². The lowest BCUT2D eigenvalue weighted by atomic mass is 9.92. The number of nitrogens with zero attached hydrogens (tertiary/aromatic N) is 4. The molecule has 1 aliphatic carbocycles. The average Bonchev–Trinajstić information content (AvgIpc) is 3.43. The number of amides is 2. The summed E-state index contributed by atoms with van der Waals surface area (Å²) in [5.41, 5.74) is 5.04. The summed E-state index contributed by atoms with van der Waals surface area (Å²) in [5, 5.41) is 19.8. The van der Waals surface area contributed by atoms with Crippen molar-refractivity contribution < 1.29 is 24.3 Å². The lowest BCUT2D eigenvalue weighted by Crippen LogP contribution is -2.41. The summed E-state index contributed by atoms with van der Waals surface area (Å²) in [6.45, 7) is 2.46. The molecule has 11 heteroatoms. The highest BCUT2D eigenvalue weighted by molar-refractivity contribution is 5.80. The van der Waals surface area contributed by atoms with Gasteiger partial charge in [-0.05, 0) is 18.8 Å². The van der Waals surface area contributed by atoms with Crippen molar-refractivity contribution in [2.45, 2.75) is 58.0 Å². The summed E-state index contributed by atoms with van der Waals surface area (Å²) < 4.78 is 15.1.